The van der Waals surface area contributed by atoms with E-state index in [4.69, 9.17) is 23.2 Å². The molecule has 0 saturated carbocycles. The molecule has 2 unspecified atom stereocenters. The number of benzene rings is 1. The van der Waals surface area contributed by atoms with Gasteiger partial charge in [-0.15, -0.1) is 0 Å². The maximum atomic E-state index is 13.5. The molecule has 2 aliphatic rings. The van der Waals surface area contributed by atoms with Crippen LogP contribution in [-0.2, 0) is 15.0 Å². The van der Waals surface area contributed by atoms with Gasteiger partial charge in [0, 0.05) is 15.9 Å². The summed E-state index contributed by atoms with van der Waals surface area (Å²) in [6.45, 7) is 0. The van der Waals surface area contributed by atoms with E-state index in [-0.39, 0.29) is 5.56 Å². The third-order valence-corrected chi connectivity index (χ3v) is 5.22. The number of nitrogens with one attached hydrogen (secondary N) is 1. The molecule has 27 heavy (non-hydrogen) atoms. The highest BCUT2D eigenvalue weighted by atomic mass is 79.9. The molecule has 1 aliphatic carbocycles. The van der Waals surface area contributed by atoms with Crippen LogP contribution in [0.3, 0.4) is 0 Å². The highest BCUT2D eigenvalue weighted by molar-refractivity contribution is 9.10. The Kier molecular flexibility index (Phi) is 4.85. The van der Waals surface area contributed by atoms with Crippen LogP contribution in [0.1, 0.15) is 5.56 Å². The molecule has 1 aromatic carbocycles. The number of amides is 2. The first-order valence-corrected chi connectivity index (χ1v) is 8.79. The quantitative estimate of drug-likeness (QED) is 0.383. The van der Waals surface area contributed by atoms with E-state index in [1.54, 1.807) is 6.08 Å². The van der Waals surface area contributed by atoms with E-state index in [1.165, 1.54) is 34.2 Å². The largest absolute Gasteiger partial charge is 0.475 e. The molecule has 2 atom stereocenters. The lowest BCUT2D eigenvalue weighted by atomic mass is 9.69. The molecular weight excluding hydrogens is 481 g/mol. The molecule has 1 saturated heterocycles. The summed E-state index contributed by atoms with van der Waals surface area (Å²) < 4.78 is 56.9. The van der Waals surface area contributed by atoms with Crippen molar-refractivity contribution in [1.29, 1.82) is 0 Å². The molecule has 0 radical (unpaired) electrons. The molecule has 1 aliphatic heterocycles. The van der Waals surface area contributed by atoms with Gasteiger partial charge in [-0.3, -0.25) is 14.9 Å². The fraction of sp³-hybridized carbons (Fsp3) is 0.250. The lowest BCUT2D eigenvalue weighted by Crippen LogP contribution is -2.41. The summed E-state index contributed by atoms with van der Waals surface area (Å²) in [6.07, 6.45) is 1.09. The fourth-order valence-electron chi connectivity index (χ4n) is 2.93. The molecule has 1 heterocycles. The van der Waals surface area contributed by atoms with Crippen molar-refractivity contribution >= 4 is 50.9 Å². The molecule has 0 spiro atoms. The average molecular weight is 489 g/mol. The van der Waals surface area contributed by atoms with Crippen molar-refractivity contribution in [2.75, 3.05) is 0 Å². The average Bonchev–Trinajstić information content (AvgIpc) is 2.82. The number of carbonyl (C=O) groups is 2. The van der Waals surface area contributed by atoms with Crippen LogP contribution in [0.5, 0.6) is 5.75 Å². The van der Waals surface area contributed by atoms with E-state index in [0.717, 1.165) is 12.1 Å². The standard InChI is InChI=1S/C16H8BrCl2F4NO3/c17-15(20,21)16(22,23)27-11-9(18)5-7(6-10(11)19)14-4-2-1-3-8(14)12(25)24-13(14)26/h1-6,8H,(H,24,25,26). The second-order valence-electron chi connectivity index (χ2n) is 5.79. The Morgan fingerprint density at radius 1 is 1.11 bits per heavy atom. The Morgan fingerprint density at radius 3 is 2.26 bits per heavy atom. The predicted octanol–water partition coefficient (Wildman–Crippen LogP) is 4.59. The monoisotopic (exact) mass is 487 g/mol. The summed E-state index contributed by atoms with van der Waals surface area (Å²) in [5.41, 5.74) is -1.37. The second-order valence-corrected chi connectivity index (χ2v) is 7.61. The van der Waals surface area contributed by atoms with Crippen LogP contribution in [0, 0.1) is 5.92 Å². The molecule has 2 amide bonds. The third kappa shape index (κ3) is 3.15. The summed E-state index contributed by atoms with van der Waals surface area (Å²) in [5.74, 6) is -3.00. The Hall–Kier alpha value is -1.58. The topological polar surface area (TPSA) is 55.4 Å². The number of allylic oxidation sites excluding steroid dienone is 2. The maximum absolute atomic E-state index is 13.5. The number of hydrogen-bond acceptors (Lipinski definition) is 3. The van der Waals surface area contributed by atoms with Crippen LogP contribution in [0.15, 0.2) is 36.4 Å². The number of hydrogen-bond donors (Lipinski definition) is 1. The smallest absolute Gasteiger partial charge is 0.424 e. The highest BCUT2D eigenvalue weighted by Gasteiger charge is 2.59. The van der Waals surface area contributed by atoms with Crippen molar-refractivity contribution < 1.29 is 31.9 Å². The van der Waals surface area contributed by atoms with E-state index in [2.05, 4.69) is 10.1 Å². The van der Waals surface area contributed by atoms with Crippen molar-refractivity contribution in [3.8, 4) is 5.75 Å². The maximum Gasteiger partial charge on any atom is 0.475 e. The van der Waals surface area contributed by atoms with E-state index >= 15 is 0 Å². The summed E-state index contributed by atoms with van der Waals surface area (Å²) >= 11 is 13.4. The summed E-state index contributed by atoms with van der Waals surface area (Å²) in [6, 6.07) is 2.14. The van der Waals surface area contributed by atoms with Gasteiger partial charge in [0.25, 0.3) is 0 Å². The van der Waals surface area contributed by atoms with Gasteiger partial charge in [0.1, 0.15) is 5.41 Å². The van der Waals surface area contributed by atoms with E-state index < -0.39 is 49.9 Å². The summed E-state index contributed by atoms with van der Waals surface area (Å²) in [5, 5.41) is 1.13. The van der Waals surface area contributed by atoms with Crippen LogP contribution in [0.25, 0.3) is 0 Å². The zero-order chi connectivity index (χ0) is 20.2. The minimum atomic E-state index is -4.95. The molecule has 1 fully saturated rings. The number of carbonyl (C=O) groups excluding carboxylic acids is 2. The molecule has 144 valence electrons. The van der Waals surface area contributed by atoms with Gasteiger partial charge < -0.3 is 4.74 Å². The number of rotatable bonds is 4. The summed E-state index contributed by atoms with van der Waals surface area (Å²) in [7, 11) is 0. The number of imide groups is 1. The summed E-state index contributed by atoms with van der Waals surface area (Å²) in [4.78, 5) is 19.8. The van der Waals surface area contributed by atoms with Gasteiger partial charge in [0.2, 0.25) is 11.8 Å². The normalized spacial score (nSPS) is 24.8. The molecule has 0 aromatic heterocycles. The van der Waals surface area contributed by atoms with Crippen LogP contribution in [0.4, 0.5) is 17.6 Å². The lowest BCUT2D eigenvalue weighted by Gasteiger charge is -2.30. The molecule has 4 nitrogen and oxygen atoms in total. The highest BCUT2D eigenvalue weighted by Crippen LogP contribution is 2.48. The van der Waals surface area contributed by atoms with E-state index in [0.29, 0.717) is 0 Å². The van der Waals surface area contributed by atoms with Crippen LogP contribution < -0.4 is 10.1 Å². The van der Waals surface area contributed by atoms with Gasteiger partial charge in [-0.1, -0.05) is 47.5 Å². The van der Waals surface area contributed by atoms with Crippen LogP contribution in [0.2, 0.25) is 10.0 Å². The van der Waals surface area contributed by atoms with Crippen molar-refractivity contribution in [1.82, 2.24) is 5.32 Å². The van der Waals surface area contributed by atoms with Crippen molar-refractivity contribution in [2.45, 2.75) is 16.4 Å². The van der Waals surface area contributed by atoms with Gasteiger partial charge >= 0.3 is 10.9 Å². The Morgan fingerprint density at radius 2 is 1.70 bits per heavy atom. The zero-order valence-corrected chi connectivity index (χ0v) is 16.0. The molecule has 0 bridgehead atoms. The van der Waals surface area contributed by atoms with Gasteiger partial charge in [-0.05, 0) is 17.7 Å². The second kappa shape index (κ2) is 6.49. The molecule has 11 heteroatoms. The molecule has 3 rings (SSSR count). The first-order chi connectivity index (χ1) is 12.4. The van der Waals surface area contributed by atoms with E-state index in [1.807, 2.05) is 0 Å². The van der Waals surface area contributed by atoms with Crippen molar-refractivity contribution in [3.63, 3.8) is 0 Å². The molecular formula is C16H8BrCl2F4NO3. The third-order valence-electron chi connectivity index (χ3n) is 4.20. The Labute approximate surface area is 168 Å². The van der Waals surface area contributed by atoms with Gasteiger partial charge in [-0.25, -0.2) is 0 Å². The first-order valence-electron chi connectivity index (χ1n) is 7.24. The van der Waals surface area contributed by atoms with Crippen LogP contribution >= 0.6 is 39.1 Å². The zero-order valence-electron chi connectivity index (χ0n) is 12.9. The number of ether oxygens (including phenoxy) is 1. The fourth-order valence-corrected chi connectivity index (χ4v) is 3.58. The number of fused-ring (bicyclic) bond motifs is 1. The number of alkyl halides is 5. The predicted molar refractivity (Wildman–Crippen MR) is 92.5 cm³/mol. The van der Waals surface area contributed by atoms with Gasteiger partial charge in [0.05, 0.1) is 16.0 Å². The Bertz CT molecular complexity index is 877. The van der Waals surface area contributed by atoms with Crippen molar-refractivity contribution in [3.05, 3.63) is 52.0 Å². The van der Waals surface area contributed by atoms with E-state index in [9.17, 15) is 27.2 Å². The first kappa shape index (κ1) is 20.2. The minimum Gasteiger partial charge on any atom is -0.424 e. The van der Waals surface area contributed by atoms with Crippen molar-refractivity contribution in [2.24, 2.45) is 5.92 Å². The minimum absolute atomic E-state index is 0.118. The SMILES string of the molecule is O=C1NC(=O)C2(c3cc(Cl)c(OC(F)(F)C(F)(F)Br)c(Cl)c3)C=CC=CC12. The lowest BCUT2D eigenvalue weighted by molar-refractivity contribution is -0.266. The van der Waals surface area contributed by atoms with Crippen LogP contribution in [-0.4, -0.2) is 22.8 Å². The van der Waals surface area contributed by atoms with Gasteiger partial charge in [0.15, 0.2) is 5.75 Å². The van der Waals surface area contributed by atoms with Gasteiger partial charge in [-0.2, -0.15) is 17.6 Å². The molecule has 1 N–H and O–H groups in total. The number of halogens is 7. The Balaban J connectivity index is 2.08. The molecule has 1 aromatic rings.